The Hall–Kier alpha value is -0.700. The second-order valence-electron chi connectivity index (χ2n) is 4.27. The van der Waals surface area contributed by atoms with Crippen molar-refractivity contribution in [2.24, 2.45) is 0 Å². The van der Waals surface area contributed by atoms with Gasteiger partial charge >= 0.3 is 5.30 Å². The Labute approximate surface area is 108 Å². The Morgan fingerprint density at radius 2 is 2.18 bits per heavy atom. The van der Waals surface area contributed by atoms with Crippen LogP contribution < -0.4 is 0 Å². The fourth-order valence-electron chi connectivity index (χ4n) is 2.27. The van der Waals surface area contributed by atoms with Crippen LogP contribution in [0.4, 0.5) is 4.79 Å². The Morgan fingerprint density at radius 3 is 2.76 bits per heavy atom. The first-order valence-corrected chi connectivity index (χ1v) is 7.54. The van der Waals surface area contributed by atoms with E-state index in [2.05, 4.69) is 32.1 Å². The van der Waals surface area contributed by atoms with Gasteiger partial charge in [0, 0.05) is 0 Å². The van der Waals surface area contributed by atoms with Crippen LogP contribution in [0.15, 0.2) is 23.8 Å². The lowest BCUT2D eigenvalue weighted by Crippen LogP contribution is -2.35. The van der Waals surface area contributed by atoms with E-state index in [-0.39, 0.29) is 5.30 Å². The van der Waals surface area contributed by atoms with Gasteiger partial charge in [0.25, 0.3) is 0 Å². The molecule has 0 heterocycles. The molecular weight excluding hydrogens is 232 g/mol. The lowest BCUT2D eigenvalue weighted by Gasteiger charge is -2.33. The van der Waals surface area contributed by atoms with Gasteiger partial charge in [-0.2, -0.15) is 0 Å². The molecule has 1 aliphatic rings. The molecule has 0 saturated carbocycles. The maximum atomic E-state index is 11.6. The molecule has 0 aliphatic heterocycles. The highest BCUT2D eigenvalue weighted by molar-refractivity contribution is 8.12. The van der Waals surface area contributed by atoms with Crippen molar-refractivity contribution in [3.63, 3.8) is 0 Å². The monoisotopic (exact) mass is 254 g/mol. The molecule has 0 aromatic heterocycles. The van der Waals surface area contributed by atoms with Gasteiger partial charge in [-0.3, -0.25) is 0 Å². The molecule has 0 bridgehead atoms. The quantitative estimate of drug-likeness (QED) is 0.679. The number of hydrogen-bond donors (Lipinski definition) is 0. The maximum absolute atomic E-state index is 11.6. The molecule has 0 atom stereocenters. The molecule has 2 nitrogen and oxygen atoms in total. The first kappa shape index (κ1) is 14.4. The average molecular weight is 254 g/mol. The molecule has 3 heteroatoms. The summed E-state index contributed by atoms with van der Waals surface area (Å²) in [5, 5.41) is -0.178. The van der Waals surface area contributed by atoms with E-state index in [1.165, 1.54) is 5.57 Å². The van der Waals surface area contributed by atoms with E-state index >= 15 is 0 Å². The van der Waals surface area contributed by atoms with E-state index in [0.29, 0.717) is 0 Å². The van der Waals surface area contributed by atoms with Gasteiger partial charge in [0.15, 0.2) is 0 Å². The molecule has 0 fully saturated rings. The molecule has 0 N–H and O–H groups in total. The lowest BCUT2D eigenvalue weighted by molar-refractivity contribution is 0.0483. The predicted octanol–water partition coefficient (Wildman–Crippen LogP) is 4.71. The molecule has 96 valence electrons. The molecule has 0 unspecified atom stereocenters. The first-order valence-electron chi connectivity index (χ1n) is 6.31. The van der Waals surface area contributed by atoms with Crippen molar-refractivity contribution < 1.29 is 9.53 Å². The van der Waals surface area contributed by atoms with Crippen molar-refractivity contribution >= 4 is 17.1 Å². The van der Waals surface area contributed by atoms with Gasteiger partial charge in [-0.25, -0.2) is 4.79 Å². The van der Waals surface area contributed by atoms with Crippen molar-refractivity contribution in [1.29, 1.82) is 0 Å². The average Bonchev–Trinajstić information content (AvgIpc) is 2.65. The van der Waals surface area contributed by atoms with Crippen LogP contribution in [0.5, 0.6) is 0 Å². The van der Waals surface area contributed by atoms with Crippen LogP contribution in [-0.2, 0) is 4.74 Å². The number of allylic oxidation sites excluding steroid dienone is 3. The molecule has 1 rings (SSSR count). The summed E-state index contributed by atoms with van der Waals surface area (Å²) in [5.41, 5.74) is 0.869. The number of ether oxygens (including phenoxy) is 1. The van der Waals surface area contributed by atoms with E-state index in [1.54, 1.807) is 6.26 Å². The standard InChI is InChI=1S/C14H22O2S/c1-4-14(5-2,16-13(15)17-3)12-10-8-6-7-9-11-12/h6,8,10H,4-5,7,9,11H2,1-3H3. The van der Waals surface area contributed by atoms with Crippen LogP contribution >= 0.6 is 11.8 Å². The van der Waals surface area contributed by atoms with Gasteiger partial charge in [-0.15, -0.1) is 0 Å². The highest BCUT2D eigenvalue weighted by Gasteiger charge is 2.34. The van der Waals surface area contributed by atoms with Gasteiger partial charge in [-0.05, 0) is 55.7 Å². The molecule has 1 aliphatic carbocycles. The normalized spacial score (nSPS) is 16.3. The van der Waals surface area contributed by atoms with E-state index in [9.17, 15) is 4.79 Å². The van der Waals surface area contributed by atoms with E-state index in [0.717, 1.165) is 43.9 Å². The summed E-state index contributed by atoms with van der Waals surface area (Å²) in [6.45, 7) is 4.18. The number of carbonyl (C=O) groups excluding carboxylic acids is 1. The van der Waals surface area contributed by atoms with E-state index < -0.39 is 5.60 Å². The van der Waals surface area contributed by atoms with Gasteiger partial charge in [0.05, 0.1) is 0 Å². The smallest absolute Gasteiger partial charge is 0.367 e. The highest BCUT2D eigenvalue weighted by atomic mass is 32.2. The van der Waals surface area contributed by atoms with Crippen molar-refractivity contribution in [1.82, 2.24) is 0 Å². The van der Waals surface area contributed by atoms with E-state index in [1.807, 2.05) is 0 Å². The fraction of sp³-hybridized carbons (Fsp3) is 0.643. The summed E-state index contributed by atoms with van der Waals surface area (Å²) < 4.78 is 5.70. The Balaban J connectivity index is 2.92. The summed E-state index contributed by atoms with van der Waals surface area (Å²) in [4.78, 5) is 11.6. The third-order valence-corrected chi connectivity index (χ3v) is 3.84. The highest BCUT2D eigenvalue weighted by Crippen LogP contribution is 2.35. The number of hydrogen-bond acceptors (Lipinski definition) is 3. The lowest BCUT2D eigenvalue weighted by atomic mass is 9.85. The Bertz CT molecular complexity index is 314. The van der Waals surface area contributed by atoms with Crippen molar-refractivity contribution in [3.05, 3.63) is 23.8 Å². The molecule has 0 saturated heterocycles. The van der Waals surface area contributed by atoms with Crippen LogP contribution in [0.1, 0.15) is 46.0 Å². The fourth-order valence-corrected chi connectivity index (χ4v) is 2.51. The predicted molar refractivity (Wildman–Crippen MR) is 74.4 cm³/mol. The Kier molecular flexibility index (Phi) is 5.83. The molecular formula is C14H22O2S. The summed E-state index contributed by atoms with van der Waals surface area (Å²) in [6.07, 6.45) is 13.1. The Morgan fingerprint density at radius 1 is 1.47 bits per heavy atom. The molecule has 0 spiro atoms. The van der Waals surface area contributed by atoms with Crippen LogP contribution in [0.2, 0.25) is 0 Å². The van der Waals surface area contributed by atoms with Gasteiger partial charge in [0.2, 0.25) is 0 Å². The summed E-state index contributed by atoms with van der Waals surface area (Å²) in [7, 11) is 0. The zero-order chi connectivity index (χ0) is 12.7. The minimum Gasteiger partial charge on any atom is -0.446 e. The topological polar surface area (TPSA) is 26.3 Å². The second kappa shape index (κ2) is 6.90. The van der Waals surface area contributed by atoms with E-state index in [4.69, 9.17) is 4.74 Å². The minimum atomic E-state index is -0.394. The number of thioether (sulfide) groups is 1. The van der Waals surface area contributed by atoms with Gasteiger partial charge < -0.3 is 4.74 Å². The molecule has 0 radical (unpaired) electrons. The number of rotatable bonds is 4. The summed E-state index contributed by atoms with van der Waals surface area (Å²) in [5.74, 6) is 0. The summed E-state index contributed by atoms with van der Waals surface area (Å²) >= 11 is 1.15. The summed E-state index contributed by atoms with van der Waals surface area (Å²) in [6, 6.07) is 0. The van der Waals surface area contributed by atoms with Crippen LogP contribution in [0.3, 0.4) is 0 Å². The maximum Gasteiger partial charge on any atom is 0.367 e. The molecule has 0 amide bonds. The second-order valence-corrected chi connectivity index (χ2v) is 5.01. The van der Waals surface area contributed by atoms with Crippen LogP contribution in [0.25, 0.3) is 0 Å². The third kappa shape index (κ3) is 3.63. The van der Waals surface area contributed by atoms with Gasteiger partial charge in [0.1, 0.15) is 5.60 Å². The third-order valence-electron chi connectivity index (χ3n) is 3.42. The molecule has 17 heavy (non-hydrogen) atoms. The molecule has 0 aromatic rings. The van der Waals surface area contributed by atoms with Crippen LogP contribution in [-0.4, -0.2) is 17.2 Å². The van der Waals surface area contributed by atoms with Crippen LogP contribution in [0, 0.1) is 0 Å². The zero-order valence-electron chi connectivity index (χ0n) is 11.0. The SMILES string of the molecule is CCC(CC)(OC(=O)SC)C1=CC=CCCC1. The zero-order valence-corrected chi connectivity index (χ0v) is 11.8. The largest absolute Gasteiger partial charge is 0.446 e. The minimum absolute atomic E-state index is 0.178. The van der Waals surface area contributed by atoms with Crippen molar-refractivity contribution in [3.8, 4) is 0 Å². The van der Waals surface area contributed by atoms with Gasteiger partial charge in [-0.1, -0.05) is 32.1 Å². The molecule has 0 aromatic carbocycles. The van der Waals surface area contributed by atoms with Crippen molar-refractivity contribution in [2.45, 2.75) is 51.6 Å². The number of carbonyl (C=O) groups is 1. The van der Waals surface area contributed by atoms with Crippen molar-refractivity contribution in [2.75, 3.05) is 6.26 Å². The first-order chi connectivity index (χ1) is 8.18.